The number of hydrogen-bond donors (Lipinski definition) is 2. The van der Waals surface area contributed by atoms with Crippen molar-refractivity contribution in [2.45, 2.75) is 51.4 Å². The third kappa shape index (κ3) is 9.72. The minimum Gasteiger partial charge on any atom is -0.364 e. The van der Waals surface area contributed by atoms with Crippen molar-refractivity contribution in [1.29, 1.82) is 0 Å². The van der Waals surface area contributed by atoms with Crippen molar-refractivity contribution in [3.05, 3.63) is 37.9 Å². The average molecular weight is 596 g/mol. The maximum absolute atomic E-state index is 13.0. The summed E-state index contributed by atoms with van der Waals surface area (Å²) in [5.41, 5.74) is 0.741. The Morgan fingerprint density at radius 2 is 1.45 bits per heavy atom. The van der Waals surface area contributed by atoms with E-state index >= 15 is 0 Å². The molecule has 0 aliphatic heterocycles. The molecule has 0 atom stereocenters. The summed E-state index contributed by atoms with van der Waals surface area (Å²) >= 11 is 6.63. The van der Waals surface area contributed by atoms with E-state index in [2.05, 4.69) is 31.9 Å². The van der Waals surface area contributed by atoms with Gasteiger partial charge in [-0.2, -0.15) is 0 Å². The van der Waals surface area contributed by atoms with Crippen LogP contribution in [0.3, 0.4) is 0 Å². The zero-order chi connectivity index (χ0) is 24.8. The fourth-order valence-corrected chi connectivity index (χ4v) is 4.26. The molecule has 0 heterocycles. The first-order chi connectivity index (χ1) is 15.8. The Morgan fingerprint density at radius 3 is 1.94 bits per heavy atom. The summed E-state index contributed by atoms with van der Waals surface area (Å²) in [6.07, 6.45) is 4.84. The number of amides is 1. The minimum absolute atomic E-state index is 0.00665. The number of alkyl halides is 2. The second kappa shape index (κ2) is 15.7. The van der Waals surface area contributed by atoms with Gasteiger partial charge in [0.25, 0.3) is 11.4 Å². The maximum Gasteiger partial charge on any atom is 0.300 e. The molecule has 0 aliphatic rings. The monoisotopic (exact) mass is 594 g/mol. The molecule has 0 bridgehead atoms. The molecule has 1 aromatic carbocycles. The van der Waals surface area contributed by atoms with Gasteiger partial charge in [0.15, 0.2) is 5.78 Å². The van der Waals surface area contributed by atoms with Gasteiger partial charge in [0.05, 0.1) is 21.5 Å². The topological polar surface area (TPSA) is 156 Å². The molecular formula is C20H28Br2N4O7. The number of carbonyl (C=O) groups excluding carboxylic acids is 2. The summed E-state index contributed by atoms with van der Waals surface area (Å²) in [6, 6.07) is 2.03. The lowest BCUT2D eigenvalue weighted by molar-refractivity contribution is -0.393. The van der Waals surface area contributed by atoms with Gasteiger partial charge in [0, 0.05) is 42.7 Å². The number of carbonyl (C=O) groups is 2. The van der Waals surface area contributed by atoms with E-state index in [1.165, 1.54) is 0 Å². The van der Waals surface area contributed by atoms with Crippen LogP contribution in [0.25, 0.3) is 0 Å². The number of hydroxylamine groups is 1. The first-order valence-electron chi connectivity index (χ1n) is 10.6. The van der Waals surface area contributed by atoms with E-state index in [1.807, 2.05) is 0 Å². The van der Waals surface area contributed by atoms with Crippen molar-refractivity contribution in [2.24, 2.45) is 0 Å². The number of anilines is 1. The number of ketones is 1. The SMILES string of the molecule is O=C(CCCCCCCCC(=O)c1cc([N+](=O)[O-])cc([N+](=O)[O-])c1N(CCBr)CCBr)NO. The molecule has 184 valence electrons. The summed E-state index contributed by atoms with van der Waals surface area (Å²) in [7, 11) is 0. The second-order valence-electron chi connectivity index (χ2n) is 7.32. The van der Waals surface area contributed by atoms with E-state index in [0.29, 0.717) is 36.6 Å². The Hall–Kier alpha value is -2.12. The number of nitrogens with one attached hydrogen (secondary N) is 1. The molecule has 2 N–H and O–H groups in total. The Labute approximate surface area is 208 Å². The highest BCUT2D eigenvalue weighted by atomic mass is 79.9. The largest absolute Gasteiger partial charge is 0.364 e. The van der Waals surface area contributed by atoms with Crippen LogP contribution in [0.5, 0.6) is 0 Å². The highest BCUT2D eigenvalue weighted by Crippen LogP contribution is 2.37. The molecule has 11 nitrogen and oxygen atoms in total. The zero-order valence-electron chi connectivity index (χ0n) is 18.1. The molecule has 0 fully saturated rings. The summed E-state index contributed by atoms with van der Waals surface area (Å²) in [4.78, 5) is 47.3. The Kier molecular flexibility index (Phi) is 13.7. The van der Waals surface area contributed by atoms with Crippen LogP contribution < -0.4 is 10.4 Å². The molecule has 13 heteroatoms. The molecule has 0 saturated heterocycles. The molecule has 33 heavy (non-hydrogen) atoms. The Morgan fingerprint density at radius 1 is 0.909 bits per heavy atom. The van der Waals surface area contributed by atoms with E-state index in [0.717, 1.165) is 37.8 Å². The third-order valence-corrected chi connectivity index (χ3v) is 5.70. The quantitative estimate of drug-likeness (QED) is 0.0642. The molecule has 0 saturated carbocycles. The molecule has 0 aromatic heterocycles. The number of nitro groups is 2. The fraction of sp³-hybridized carbons (Fsp3) is 0.600. The molecule has 1 amide bonds. The van der Waals surface area contributed by atoms with E-state index in [1.54, 1.807) is 10.4 Å². The van der Waals surface area contributed by atoms with Crippen LogP contribution >= 0.6 is 31.9 Å². The van der Waals surface area contributed by atoms with Crippen LogP contribution in [-0.2, 0) is 4.79 Å². The van der Waals surface area contributed by atoms with Gasteiger partial charge in [-0.05, 0) is 12.8 Å². The van der Waals surface area contributed by atoms with Crippen LogP contribution in [0.2, 0.25) is 0 Å². The smallest absolute Gasteiger partial charge is 0.300 e. The number of Topliss-reactive ketones (excluding diaryl/α,β-unsaturated/α-hetero) is 1. The lowest BCUT2D eigenvalue weighted by atomic mass is 9.99. The molecule has 0 spiro atoms. The number of unbranched alkanes of at least 4 members (excludes halogenated alkanes) is 5. The van der Waals surface area contributed by atoms with Crippen molar-refractivity contribution < 1.29 is 24.6 Å². The van der Waals surface area contributed by atoms with Gasteiger partial charge in [-0.25, -0.2) is 5.48 Å². The van der Waals surface area contributed by atoms with E-state index in [4.69, 9.17) is 5.21 Å². The van der Waals surface area contributed by atoms with Gasteiger partial charge in [-0.15, -0.1) is 0 Å². The van der Waals surface area contributed by atoms with Gasteiger partial charge < -0.3 is 4.90 Å². The van der Waals surface area contributed by atoms with E-state index in [9.17, 15) is 29.8 Å². The van der Waals surface area contributed by atoms with Crippen molar-refractivity contribution in [3.63, 3.8) is 0 Å². The summed E-state index contributed by atoms with van der Waals surface area (Å²) < 4.78 is 0. The molecule has 0 unspecified atom stereocenters. The van der Waals surface area contributed by atoms with Crippen molar-refractivity contribution >= 4 is 60.6 Å². The van der Waals surface area contributed by atoms with Crippen LogP contribution in [0.4, 0.5) is 17.1 Å². The average Bonchev–Trinajstić information content (AvgIpc) is 2.79. The molecule has 1 aromatic rings. The van der Waals surface area contributed by atoms with Gasteiger partial charge >= 0.3 is 0 Å². The van der Waals surface area contributed by atoms with Crippen molar-refractivity contribution in [3.8, 4) is 0 Å². The van der Waals surface area contributed by atoms with Gasteiger partial charge in [-0.3, -0.25) is 35.0 Å². The summed E-state index contributed by atoms with van der Waals surface area (Å²) in [5, 5.41) is 32.5. The lowest BCUT2D eigenvalue weighted by Crippen LogP contribution is -2.30. The second-order valence-corrected chi connectivity index (χ2v) is 8.91. The number of halogens is 2. The molecular weight excluding hydrogens is 568 g/mol. The zero-order valence-corrected chi connectivity index (χ0v) is 21.3. The normalized spacial score (nSPS) is 10.6. The van der Waals surface area contributed by atoms with Gasteiger partial charge in [0.2, 0.25) is 5.91 Å². The first-order valence-corrected chi connectivity index (χ1v) is 12.8. The highest BCUT2D eigenvalue weighted by molar-refractivity contribution is 9.09. The number of nitro benzene ring substituents is 2. The summed E-state index contributed by atoms with van der Waals surface area (Å²) in [6.45, 7) is 0.775. The predicted octanol–water partition coefficient (Wildman–Crippen LogP) is 4.91. The number of hydrogen-bond acceptors (Lipinski definition) is 8. The third-order valence-electron chi connectivity index (χ3n) is 4.99. The van der Waals surface area contributed by atoms with Crippen molar-refractivity contribution in [1.82, 2.24) is 5.48 Å². The Bertz CT molecular complexity index is 833. The van der Waals surface area contributed by atoms with E-state index < -0.39 is 27.1 Å². The maximum atomic E-state index is 13.0. The van der Waals surface area contributed by atoms with Gasteiger partial charge in [0.1, 0.15) is 5.69 Å². The van der Waals surface area contributed by atoms with Crippen LogP contribution in [0, 0.1) is 20.2 Å². The molecule has 0 aliphatic carbocycles. The Balaban J connectivity index is 2.95. The fourth-order valence-electron chi connectivity index (χ4n) is 3.40. The minimum atomic E-state index is -0.732. The lowest BCUT2D eigenvalue weighted by Gasteiger charge is -2.25. The number of benzene rings is 1. The van der Waals surface area contributed by atoms with Gasteiger partial charge in [-0.1, -0.05) is 57.5 Å². The number of rotatable bonds is 17. The molecule has 0 radical (unpaired) electrons. The predicted molar refractivity (Wildman–Crippen MR) is 131 cm³/mol. The van der Waals surface area contributed by atoms with Crippen LogP contribution in [-0.4, -0.2) is 50.5 Å². The first kappa shape index (κ1) is 28.9. The van der Waals surface area contributed by atoms with Crippen LogP contribution in [0.1, 0.15) is 61.7 Å². The van der Waals surface area contributed by atoms with E-state index in [-0.39, 0.29) is 29.9 Å². The van der Waals surface area contributed by atoms with Crippen molar-refractivity contribution in [2.75, 3.05) is 28.6 Å². The number of non-ortho nitro benzene ring substituents is 1. The van der Waals surface area contributed by atoms with Crippen LogP contribution in [0.15, 0.2) is 12.1 Å². The summed E-state index contributed by atoms with van der Waals surface area (Å²) in [5.74, 6) is -0.790. The molecule has 1 rings (SSSR count). The number of nitrogens with zero attached hydrogens (tertiary/aromatic N) is 3. The highest BCUT2D eigenvalue weighted by Gasteiger charge is 2.30. The standard InChI is InChI=1S/C20H28Br2N4O7/c21-9-11-24(12-10-22)20-16(13-15(25(30)31)14-17(20)26(32)33)18(27)7-5-3-1-2-4-6-8-19(28)23-29/h13-14,29H,1-12H2,(H,23,28).